The molecule has 2 aliphatic rings. The van der Waals surface area contributed by atoms with Crippen molar-refractivity contribution < 1.29 is 19.1 Å². The molecule has 130 valence electrons. The first kappa shape index (κ1) is 15.9. The SMILES string of the molecule is O=C(O)[C@H]1CC=CC[C@@H]1C(=O)Nc1ccc2oc3c(c2c1)CCCC3. The number of aryl methyl sites for hydroxylation is 2. The van der Waals surface area contributed by atoms with Crippen molar-refractivity contribution in [2.24, 2.45) is 11.8 Å². The van der Waals surface area contributed by atoms with Crippen molar-refractivity contribution >= 4 is 28.5 Å². The first-order valence-electron chi connectivity index (χ1n) is 8.86. The molecule has 1 aromatic carbocycles. The van der Waals surface area contributed by atoms with Crippen LogP contribution in [-0.2, 0) is 22.4 Å². The number of hydrogen-bond acceptors (Lipinski definition) is 3. The van der Waals surface area contributed by atoms with E-state index in [9.17, 15) is 14.7 Å². The number of carboxylic acid groups (broad SMARTS) is 1. The quantitative estimate of drug-likeness (QED) is 0.831. The molecule has 0 fully saturated rings. The largest absolute Gasteiger partial charge is 0.481 e. The van der Waals surface area contributed by atoms with Gasteiger partial charge in [0, 0.05) is 23.1 Å². The van der Waals surface area contributed by atoms with Crippen LogP contribution >= 0.6 is 0 Å². The average Bonchev–Trinajstić information content (AvgIpc) is 2.99. The number of furan rings is 1. The normalized spacial score (nSPS) is 22.6. The van der Waals surface area contributed by atoms with Gasteiger partial charge in [-0.15, -0.1) is 0 Å². The van der Waals surface area contributed by atoms with Gasteiger partial charge >= 0.3 is 5.97 Å². The van der Waals surface area contributed by atoms with Gasteiger partial charge < -0.3 is 14.8 Å². The third-order valence-electron chi connectivity index (χ3n) is 5.31. The van der Waals surface area contributed by atoms with Crippen LogP contribution in [0.2, 0.25) is 0 Å². The maximum Gasteiger partial charge on any atom is 0.307 e. The van der Waals surface area contributed by atoms with E-state index >= 15 is 0 Å². The summed E-state index contributed by atoms with van der Waals surface area (Å²) in [6.45, 7) is 0. The number of nitrogens with one attached hydrogen (secondary N) is 1. The maximum absolute atomic E-state index is 12.6. The Balaban J connectivity index is 1.58. The van der Waals surface area contributed by atoms with Gasteiger partial charge in [-0.3, -0.25) is 9.59 Å². The molecule has 5 nitrogen and oxygen atoms in total. The molecule has 1 heterocycles. The van der Waals surface area contributed by atoms with Crippen LogP contribution in [-0.4, -0.2) is 17.0 Å². The first-order valence-corrected chi connectivity index (χ1v) is 8.86. The second-order valence-corrected chi connectivity index (χ2v) is 6.91. The number of carbonyl (C=O) groups is 2. The van der Waals surface area contributed by atoms with Crippen LogP contribution in [0.25, 0.3) is 11.0 Å². The van der Waals surface area contributed by atoms with E-state index in [2.05, 4.69) is 5.32 Å². The molecular weight excluding hydrogens is 318 g/mol. The molecule has 2 aliphatic carbocycles. The first-order chi connectivity index (χ1) is 12.1. The molecule has 25 heavy (non-hydrogen) atoms. The van der Waals surface area contributed by atoms with Crippen molar-refractivity contribution in [2.45, 2.75) is 38.5 Å². The summed E-state index contributed by atoms with van der Waals surface area (Å²) in [5.74, 6) is -1.27. The number of carboxylic acids is 1. The highest BCUT2D eigenvalue weighted by Gasteiger charge is 2.34. The lowest BCUT2D eigenvalue weighted by molar-refractivity contribution is -0.146. The molecule has 0 aliphatic heterocycles. The summed E-state index contributed by atoms with van der Waals surface area (Å²) >= 11 is 0. The molecular formula is C20H21NO4. The number of rotatable bonds is 3. The summed E-state index contributed by atoms with van der Waals surface area (Å²) in [5.41, 5.74) is 2.81. The molecule has 1 aromatic heterocycles. The van der Waals surface area contributed by atoms with Gasteiger partial charge in [0.2, 0.25) is 5.91 Å². The van der Waals surface area contributed by atoms with E-state index in [-0.39, 0.29) is 5.91 Å². The Hall–Kier alpha value is -2.56. The number of anilines is 1. The summed E-state index contributed by atoms with van der Waals surface area (Å²) in [7, 11) is 0. The minimum absolute atomic E-state index is 0.228. The van der Waals surface area contributed by atoms with Crippen LogP contribution in [0.3, 0.4) is 0 Å². The minimum Gasteiger partial charge on any atom is -0.481 e. The maximum atomic E-state index is 12.6. The monoisotopic (exact) mass is 339 g/mol. The smallest absolute Gasteiger partial charge is 0.307 e. The number of benzene rings is 1. The second kappa shape index (κ2) is 6.39. The number of aliphatic carboxylic acids is 1. The summed E-state index contributed by atoms with van der Waals surface area (Å²) in [6.07, 6.45) is 8.89. The fourth-order valence-electron chi connectivity index (χ4n) is 3.95. The molecule has 0 spiro atoms. The summed E-state index contributed by atoms with van der Waals surface area (Å²) in [4.78, 5) is 24.0. The Bertz CT molecular complexity index is 864. The van der Waals surface area contributed by atoms with Crippen LogP contribution in [0.15, 0.2) is 34.8 Å². The van der Waals surface area contributed by atoms with Gasteiger partial charge in [0.1, 0.15) is 11.3 Å². The fraction of sp³-hybridized carbons (Fsp3) is 0.400. The standard InChI is InChI=1S/C20H21NO4/c22-19(14-6-1-2-7-15(14)20(23)24)21-12-9-10-18-16(11-12)13-5-3-4-8-17(13)25-18/h1-2,9-11,14-15H,3-8H2,(H,21,22)(H,23,24)/t14-,15-/m0/s1. The van der Waals surface area contributed by atoms with E-state index in [1.807, 2.05) is 30.4 Å². The summed E-state index contributed by atoms with van der Waals surface area (Å²) < 4.78 is 5.92. The zero-order valence-corrected chi connectivity index (χ0v) is 14.0. The van der Waals surface area contributed by atoms with Gasteiger partial charge in [0.15, 0.2) is 0 Å². The second-order valence-electron chi connectivity index (χ2n) is 6.91. The lowest BCUT2D eigenvalue weighted by atomic mass is 9.82. The molecule has 0 saturated heterocycles. The number of hydrogen-bond donors (Lipinski definition) is 2. The van der Waals surface area contributed by atoms with Crippen molar-refractivity contribution in [3.63, 3.8) is 0 Å². The van der Waals surface area contributed by atoms with Gasteiger partial charge in [-0.05, 0) is 50.3 Å². The van der Waals surface area contributed by atoms with E-state index < -0.39 is 17.8 Å². The zero-order valence-electron chi connectivity index (χ0n) is 14.0. The molecule has 1 amide bonds. The molecule has 2 aromatic rings. The number of fused-ring (bicyclic) bond motifs is 3. The van der Waals surface area contributed by atoms with Crippen molar-refractivity contribution in [1.29, 1.82) is 0 Å². The Morgan fingerprint density at radius 1 is 1.08 bits per heavy atom. The van der Waals surface area contributed by atoms with Gasteiger partial charge in [0.05, 0.1) is 11.8 Å². The Morgan fingerprint density at radius 2 is 1.84 bits per heavy atom. The van der Waals surface area contributed by atoms with Gasteiger partial charge in [0.25, 0.3) is 0 Å². The lowest BCUT2D eigenvalue weighted by Gasteiger charge is -2.24. The Labute approximate surface area is 145 Å². The van der Waals surface area contributed by atoms with Crippen LogP contribution in [0.4, 0.5) is 5.69 Å². The average molecular weight is 339 g/mol. The molecule has 2 N–H and O–H groups in total. The molecule has 0 unspecified atom stereocenters. The number of allylic oxidation sites excluding steroid dienone is 2. The van der Waals surface area contributed by atoms with Gasteiger partial charge in [-0.1, -0.05) is 12.2 Å². The van der Waals surface area contributed by atoms with Gasteiger partial charge in [-0.25, -0.2) is 0 Å². The Kier molecular flexibility index (Phi) is 4.07. The third kappa shape index (κ3) is 2.95. The zero-order chi connectivity index (χ0) is 17.4. The fourth-order valence-corrected chi connectivity index (χ4v) is 3.95. The Morgan fingerprint density at radius 3 is 2.64 bits per heavy atom. The molecule has 4 rings (SSSR count). The van der Waals surface area contributed by atoms with Crippen molar-refractivity contribution in [1.82, 2.24) is 0 Å². The third-order valence-corrected chi connectivity index (χ3v) is 5.31. The predicted molar refractivity (Wildman–Crippen MR) is 94.5 cm³/mol. The van der Waals surface area contributed by atoms with E-state index in [0.29, 0.717) is 18.5 Å². The highest BCUT2D eigenvalue weighted by molar-refractivity contribution is 5.97. The molecule has 0 radical (unpaired) electrons. The van der Waals surface area contributed by atoms with Crippen molar-refractivity contribution in [3.05, 3.63) is 41.7 Å². The molecule has 0 bridgehead atoms. The predicted octanol–water partition coefficient (Wildman–Crippen LogP) is 3.92. The van der Waals surface area contributed by atoms with Crippen LogP contribution in [0.5, 0.6) is 0 Å². The van der Waals surface area contributed by atoms with E-state index in [0.717, 1.165) is 42.4 Å². The number of amides is 1. The van der Waals surface area contributed by atoms with E-state index in [4.69, 9.17) is 4.42 Å². The number of carbonyl (C=O) groups excluding carboxylic acids is 1. The minimum atomic E-state index is -0.913. The van der Waals surface area contributed by atoms with E-state index in [1.165, 1.54) is 5.56 Å². The van der Waals surface area contributed by atoms with Crippen LogP contribution in [0, 0.1) is 11.8 Å². The molecule has 5 heteroatoms. The summed E-state index contributed by atoms with van der Waals surface area (Å²) in [6, 6.07) is 5.66. The van der Waals surface area contributed by atoms with Crippen molar-refractivity contribution in [2.75, 3.05) is 5.32 Å². The topological polar surface area (TPSA) is 79.5 Å². The van der Waals surface area contributed by atoms with Gasteiger partial charge in [-0.2, -0.15) is 0 Å². The van der Waals surface area contributed by atoms with Crippen molar-refractivity contribution in [3.8, 4) is 0 Å². The van der Waals surface area contributed by atoms with E-state index in [1.54, 1.807) is 0 Å². The lowest BCUT2D eigenvalue weighted by Crippen LogP contribution is -2.34. The highest BCUT2D eigenvalue weighted by Crippen LogP contribution is 2.34. The molecule has 0 saturated carbocycles. The van der Waals surface area contributed by atoms with Crippen LogP contribution in [0.1, 0.15) is 37.0 Å². The highest BCUT2D eigenvalue weighted by atomic mass is 16.4. The molecule has 2 atom stereocenters. The summed E-state index contributed by atoms with van der Waals surface area (Å²) in [5, 5.41) is 13.3. The van der Waals surface area contributed by atoms with Crippen LogP contribution < -0.4 is 5.32 Å².